The van der Waals surface area contributed by atoms with Crippen molar-refractivity contribution in [3.8, 4) is 0 Å². The molecule has 0 amide bonds. The molecule has 19 heavy (non-hydrogen) atoms. The summed E-state index contributed by atoms with van der Waals surface area (Å²) in [7, 11) is 0. The van der Waals surface area contributed by atoms with E-state index in [0.717, 1.165) is 54.3 Å². The van der Waals surface area contributed by atoms with E-state index < -0.39 is 0 Å². The Bertz CT molecular complexity index is 453. The van der Waals surface area contributed by atoms with Crippen LogP contribution >= 0.6 is 23.2 Å². The minimum absolute atomic E-state index is 0.177. The molecule has 1 aromatic rings. The highest BCUT2D eigenvalue weighted by Crippen LogP contribution is 2.36. The summed E-state index contributed by atoms with van der Waals surface area (Å²) in [6.45, 7) is 2.68. The minimum atomic E-state index is 0.177. The lowest BCUT2D eigenvalue weighted by Gasteiger charge is -2.28. The van der Waals surface area contributed by atoms with Crippen molar-refractivity contribution in [3.63, 3.8) is 0 Å². The largest absolute Gasteiger partial charge is 0.381 e. The van der Waals surface area contributed by atoms with Crippen LogP contribution in [0.1, 0.15) is 24.8 Å². The highest BCUT2D eigenvalue weighted by molar-refractivity contribution is 6.33. The number of halogens is 2. The topological polar surface area (TPSA) is 21.3 Å². The van der Waals surface area contributed by atoms with Gasteiger partial charge in [-0.1, -0.05) is 23.2 Å². The zero-order chi connectivity index (χ0) is 13.3. The Kier molecular flexibility index (Phi) is 4.04. The van der Waals surface area contributed by atoms with Crippen LogP contribution in [0.4, 0.5) is 0 Å². The van der Waals surface area contributed by atoms with Crippen molar-refractivity contribution in [2.75, 3.05) is 19.8 Å². The number of nitrogens with one attached hydrogen (secondary N) is 1. The maximum atomic E-state index is 6.29. The lowest BCUT2D eigenvalue weighted by Crippen LogP contribution is -2.37. The van der Waals surface area contributed by atoms with Gasteiger partial charge in [-0.05, 0) is 49.4 Å². The molecule has 1 aliphatic heterocycles. The van der Waals surface area contributed by atoms with Gasteiger partial charge in [-0.2, -0.15) is 0 Å². The molecule has 0 bridgehead atoms. The summed E-state index contributed by atoms with van der Waals surface area (Å²) in [6, 6.07) is 6.44. The van der Waals surface area contributed by atoms with E-state index in [1.807, 2.05) is 18.2 Å². The molecule has 1 aliphatic carbocycles. The highest BCUT2D eigenvalue weighted by Gasteiger charge is 2.37. The molecule has 1 atom stereocenters. The van der Waals surface area contributed by atoms with Gasteiger partial charge in [0.1, 0.15) is 0 Å². The smallest absolute Gasteiger partial charge is 0.0538 e. The van der Waals surface area contributed by atoms with Crippen molar-refractivity contribution < 1.29 is 4.74 Å². The molecule has 1 N–H and O–H groups in total. The minimum Gasteiger partial charge on any atom is -0.381 e. The van der Waals surface area contributed by atoms with Gasteiger partial charge in [-0.3, -0.25) is 0 Å². The summed E-state index contributed by atoms with van der Waals surface area (Å²) in [5.41, 5.74) is 1.31. The van der Waals surface area contributed by atoms with Crippen LogP contribution in [0.25, 0.3) is 0 Å². The molecular formula is C15H19Cl2NO. The highest BCUT2D eigenvalue weighted by atomic mass is 35.5. The van der Waals surface area contributed by atoms with E-state index in [-0.39, 0.29) is 5.41 Å². The van der Waals surface area contributed by atoms with Crippen molar-refractivity contribution in [2.24, 2.45) is 5.41 Å². The molecule has 1 saturated heterocycles. The molecule has 3 rings (SSSR count). The third kappa shape index (κ3) is 3.43. The Balaban J connectivity index is 1.74. The van der Waals surface area contributed by atoms with E-state index in [2.05, 4.69) is 5.32 Å². The van der Waals surface area contributed by atoms with Crippen molar-refractivity contribution in [3.05, 3.63) is 33.8 Å². The van der Waals surface area contributed by atoms with Crippen molar-refractivity contribution in [1.82, 2.24) is 5.32 Å². The number of hydrogen-bond acceptors (Lipinski definition) is 2. The number of ether oxygens (including phenoxy) is 1. The van der Waals surface area contributed by atoms with Gasteiger partial charge in [0, 0.05) is 34.7 Å². The van der Waals surface area contributed by atoms with Gasteiger partial charge in [0.15, 0.2) is 0 Å². The third-order valence-electron chi connectivity index (χ3n) is 4.10. The Morgan fingerprint density at radius 3 is 2.84 bits per heavy atom. The molecule has 104 valence electrons. The van der Waals surface area contributed by atoms with Crippen LogP contribution in [0, 0.1) is 5.41 Å². The molecular weight excluding hydrogens is 281 g/mol. The molecule has 1 unspecified atom stereocenters. The Morgan fingerprint density at radius 2 is 2.16 bits per heavy atom. The Hall–Kier alpha value is -0.280. The van der Waals surface area contributed by atoms with Crippen LogP contribution in [0.2, 0.25) is 10.0 Å². The third-order valence-corrected chi connectivity index (χ3v) is 4.71. The molecule has 0 aromatic heterocycles. The zero-order valence-corrected chi connectivity index (χ0v) is 12.4. The fourth-order valence-electron chi connectivity index (χ4n) is 2.72. The predicted octanol–water partition coefficient (Wildman–Crippen LogP) is 3.69. The van der Waals surface area contributed by atoms with Gasteiger partial charge in [-0.25, -0.2) is 0 Å². The van der Waals surface area contributed by atoms with Crippen LogP contribution in [0.15, 0.2) is 18.2 Å². The summed E-state index contributed by atoms with van der Waals surface area (Å²) < 4.78 is 5.64. The Morgan fingerprint density at radius 1 is 1.32 bits per heavy atom. The van der Waals surface area contributed by atoms with Crippen LogP contribution < -0.4 is 5.32 Å². The molecule has 2 aliphatic rings. The normalized spacial score (nSPS) is 26.8. The van der Waals surface area contributed by atoms with Crippen LogP contribution in [0.3, 0.4) is 0 Å². The fraction of sp³-hybridized carbons (Fsp3) is 0.600. The fourth-order valence-corrected chi connectivity index (χ4v) is 3.10. The van der Waals surface area contributed by atoms with Crippen molar-refractivity contribution in [2.45, 2.75) is 31.7 Å². The number of hydrogen-bond donors (Lipinski definition) is 1. The monoisotopic (exact) mass is 299 g/mol. The summed E-state index contributed by atoms with van der Waals surface area (Å²) in [6.07, 6.45) is 4.66. The van der Waals surface area contributed by atoms with Gasteiger partial charge < -0.3 is 10.1 Å². The van der Waals surface area contributed by atoms with E-state index in [0.29, 0.717) is 0 Å². The van der Waals surface area contributed by atoms with E-state index in [1.165, 1.54) is 12.8 Å². The second-order valence-electron chi connectivity index (χ2n) is 5.87. The van der Waals surface area contributed by atoms with Crippen molar-refractivity contribution in [1.29, 1.82) is 0 Å². The maximum Gasteiger partial charge on any atom is 0.0538 e. The van der Waals surface area contributed by atoms with Crippen molar-refractivity contribution >= 4 is 23.2 Å². The number of benzene rings is 1. The summed E-state index contributed by atoms with van der Waals surface area (Å²) in [4.78, 5) is 0. The van der Waals surface area contributed by atoms with Crippen LogP contribution in [-0.4, -0.2) is 25.8 Å². The molecule has 2 fully saturated rings. The standard InChI is InChI=1S/C15H19Cl2NO/c16-12-1-4-14(17)11(7-12)8-15(5-6-19-10-15)9-18-13-2-3-13/h1,4,7,13,18H,2-3,5-6,8-10H2. The van der Waals surface area contributed by atoms with Gasteiger partial charge >= 0.3 is 0 Å². The molecule has 1 saturated carbocycles. The zero-order valence-electron chi connectivity index (χ0n) is 10.9. The molecule has 0 spiro atoms. The molecule has 0 radical (unpaired) electrons. The summed E-state index contributed by atoms with van der Waals surface area (Å²) >= 11 is 12.4. The average Bonchev–Trinajstić information content (AvgIpc) is 3.12. The molecule has 1 aromatic carbocycles. The van der Waals surface area contributed by atoms with Gasteiger partial charge in [0.2, 0.25) is 0 Å². The van der Waals surface area contributed by atoms with E-state index >= 15 is 0 Å². The predicted molar refractivity (Wildman–Crippen MR) is 79.1 cm³/mol. The van der Waals surface area contributed by atoms with E-state index in [9.17, 15) is 0 Å². The quantitative estimate of drug-likeness (QED) is 0.895. The molecule has 2 nitrogen and oxygen atoms in total. The van der Waals surface area contributed by atoms with Gasteiger partial charge in [-0.15, -0.1) is 0 Å². The number of rotatable bonds is 5. The lowest BCUT2D eigenvalue weighted by atomic mass is 9.80. The summed E-state index contributed by atoms with van der Waals surface area (Å²) in [5.74, 6) is 0. The Labute approximate surface area is 124 Å². The maximum absolute atomic E-state index is 6.29. The first-order valence-corrected chi connectivity index (χ1v) is 7.68. The lowest BCUT2D eigenvalue weighted by molar-refractivity contribution is 0.149. The SMILES string of the molecule is Clc1ccc(Cl)c(CC2(CNC3CC3)CCOC2)c1. The molecule has 4 heteroatoms. The van der Waals surface area contributed by atoms with E-state index in [1.54, 1.807) is 0 Å². The first-order valence-electron chi connectivity index (χ1n) is 6.92. The van der Waals surface area contributed by atoms with Crippen LogP contribution in [0.5, 0.6) is 0 Å². The second kappa shape index (κ2) is 5.61. The average molecular weight is 300 g/mol. The first-order chi connectivity index (χ1) is 9.17. The van der Waals surface area contributed by atoms with Gasteiger partial charge in [0.25, 0.3) is 0 Å². The first kappa shape index (κ1) is 13.7. The molecule has 1 heterocycles. The summed E-state index contributed by atoms with van der Waals surface area (Å²) in [5, 5.41) is 5.20. The second-order valence-corrected chi connectivity index (χ2v) is 6.71. The van der Waals surface area contributed by atoms with Crippen LogP contribution in [-0.2, 0) is 11.2 Å². The van der Waals surface area contributed by atoms with E-state index in [4.69, 9.17) is 27.9 Å². The van der Waals surface area contributed by atoms with Gasteiger partial charge in [0.05, 0.1) is 6.61 Å².